The molecule has 2 heterocycles. The van der Waals surface area contributed by atoms with Crippen LogP contribution in [0.2, 0.25) is 0 Å². The average molecular weight is 386 g/mol. The molecule has 3 rings (SSSR count). The third-order valence-electron chi connectivity index (χ3n) is 5.10. The minimum absolute atomic E-state index is 0.115. The molecule has 28 heavy (non-hydrogen) atoms. The van der Waals surface area contributed by atoms with Crippen LogP contribution in [0.4, 0.5) is 0 Å². The number of carbonyl (C=O) groups is 1. The minimum Gasteiger partial charge on any atom is -0.493 e. The zero-order chi connectivity index (χ0) is 20.3. The Morgan fingerprint density at radius 2 is 1.82 bits per heavy atom. The molecule has 0 spiro atoms. The zero-order valence-corrected chi connectivity index (χ0v) is 16.1. The summed E-state index contributed by atoms with van der Waals surface area (Å²) in [4.78, 5) is 12.5. The number of benzene rings is 1. The number of methoxy groups -OCH3 is 3. The second-order valence-corrected chi connectivity index (χ2v) is 6.38. The first-order chi connectivity index (χ1) is 13.5. The van der Waals surface area contributed by atoms with Crippen LogP contribution in [0, 0.1) is 36.5 Å². The summed E-state index contributed by atoms with van der Waals surface area (Å²) in [7, 11) is 4.50. The molecule has 0 N–H and O–H groups in total. The van der Waals surface area contributed by atoms with E-state index in [1.807, 2.05) is 0 Å². The molecule has 2 fully saturated rings. The maximum absolute atomic E-state index is 12.5. The number of hydrogen-bond acceptors (Lipinski definition) is 7. The van der Waals surface area contributed by atoms with E-state index in [1.54, 1.807) is 6.07 Å². The quantitative estimate of drug-likeness (QED) is 0.541. The van der Waals surface area contributed by atoms with E-state index in [0.29, 0.717) is 41.6 Å². The first kappa shape index (κ1) is 19.9. The molecule has 148 valence electrons. The summed E-state index contributed by atoms with van der Waals surface area (Å²) in [5.74, 6) is 3.65. The van der Waals surface area contributed by atoms with Gasteiger partial charge in [-0.3, -0.25) is 4.79 Å². The van der Waals surface area contributed by atoms with Gasteiger partial charge in [0, 0.05) is 0 Å². The highest BCUT2D eigenvalue weighted by atomic mass is 16.7. The monoisotopic (exact) mass is 386 g/mol. The summed E-state index contributed by atoms with van der Waals surface area (Å²) >= 11 is 0. The van der Waals surface area contributed by atoms with Gasteiger partial charge in [-0.1, -0.05) is 5.92 Å². The van der Waals surface area contributed by atoms with Gasteiger partial charge < -0.3 is 28.4 Å². The molecule has 1 aromatic carbocycles. The van der Waals surface area contributed by atoms with E-state index >= 15 is 0 Å². The van der Waals surface area contributed by atoms with Gasteiger partial charge >= 0.3 is 5.97 Å². The predicted octanol–water partition coefficient (Wildman–Crippen LogP) is 1.40. The van der Waals surface area contributed by atoms with Crippen molar-refractivity contribution < 1.29 is 33.2 Å². The van der Waals surface area contributed by atoms with Gasteiger partial charge in [-0.05, 0) is 24.0 Å². The first-order valence-electron chi connectivity index (χ1n) is 8.76. The average Bonchev–Trinajstić information content (AvgIpc) is 3.34. The van der Waals surface area contributed by atoms with Gasteiger partial charge in [0.25, 0.3) is 0 Å². The van der Waals surface area contributed by atoms with E-state index in [4.69, 9.17) is 41.3 Å². The van der Waals surface area contributed by atoms with Crippen LogP contribution < -0.4 is 14.2 Å². The first-order valence-corrected chi connectivity index (χ1v) is 8.76. The van der Waals surface area contributed by atoms with E-state index in [-0.39, 0.29) is 19.0 Å². The van der Waals surface area contributed by atoms with Crippen LogP contribution >= 0.6 is 0 Å². The van der Waals surface area contributed by atoms with Crippen LogP contribution in [-0.2, 0) is 25.4 Å². The van der Waals surface area contributed by atoms with Crippen molar-refractivity contribution in [3.05, 3.63) is 17.2 Å². The minimum atomic E-state index is -1.28. The summed E-state index contributed by atoms with van der Waals surface area (Å²) in [6.45, 7) is 0.840. The Bertz CT molecular complexity index is 840. The Morgan fingerprint density at radius 3 is 2.36 bits per heavy atom. The third kappa shape index (κ3) is 3.13. The van der Waals surface area contributed by atoms with Gasteiger partial charge in [0.2, 0.25) is 11.5 Å². The lowest BCUT2D eigenvalue weighted by Crippen LogP contribution is -2.42. The maximum Gasteiger partial charge on any atom is 0.309 e. The SMILES string of the molecule is C#Cc1c(C[C@H]2C(=O)OC[C@@H]2C2(C#C)OCCO2)cc(OC)c(OC)c1OC. The fraction of sp³-hybridized carbons (Fsp3) is 0.476. The standard InChI is InChI=1S/C21H22O7/c1-6-14-13(11-17(23-3)19(25-5)18(14)24-4)10-15-16(12-26-20(15)22)21(7-2)27-8-9-28-21/h1-2,11,15-16H,8-10,12H2,3-5H3/t15-,16+/m1/s1. The largest absolute Gasteiger partial charge is 0.493 e. The molecule has 2 atom stereocenters. The fourth-order valence-corrected chi connectivity index (χ4v) is 3.76. The molecule has 0 saturated carbocycles. The van der Waals surface area contributed by atoms with Crippen LogP contribution in [0.5, 0.6) is 17.2 Å². The molecule has 0 unspecified atom stereocenters. The van der Waals surface area contributed by atoms with Crippen LogP contribution in [0.25, 0.3) is 0 Å². The molecule has 0 amide bonds. The molecule has 7 nitrogen and oxygen atoms in total. The highest BCUT2D eigenvalue weighted by molar-refractivity contribution is 5.76. The molecule has 0 bridgehead atoms. The summed E-state index contributed by atoms with van der Waals surface area (Å²) < 4.78 is 32.9. The van der Waals surface area contributed by atoms with Gasteiger partial charge in [0.15, 0.2) is 11.5 Å². The van der Waals surface area contributed by atoms with Gasteiger partial charge in [-0.25, -0.2) is 0 Å². The maximum atomic E-state index is 12.5. The van der Waals surface area contributed by atoms with Crippen molar-refractivity contribution in [2.45, 2.75) is 12.2 Å². The molecule has 2 aliphatic rings. The van der Waals surface area contributed by atoms with Crippen molar-refractivity contribution in [3.8, 4) is 41.9 Å². The van der Waals surface area contributed by atoms with Crippen LogP contribution in [0.3, 0.4) is 0 Å². The molecule has 0 aliphatic carbocycles. The number of carbonyl (C=O) groups excluding carboxylic acids is 1. The van der Waals surface area contributed by atoms with Crippen molar-refractivity contribution in [3.63, 3.8) is 0 Å². The lowest BCUT2D eigenvalue weighted by molar-refractivity contribution is -0.157. The predicted molar refractivity (Wildman–Crippen MR) is 99.1 cm³/mol. The normalized spacial score (nSPS) is 22.8. The van der Waals surface area contributed by atoms with Crippen LogP contribution in [0.1, 0.15) is 11.1 Å². The number of cyclic esters (lactones) is 1. The number of rotatable bonds is 6. The lowest BCUT2D eigenvalue weighted by Gasteiger charge is -2.29. The molecule has 7 heteroatoms. The highest BCUT2D eigenvalue weighted by Gasteiger charge is 2.53. The zero-order valence-electron chi connectivity index (χ0n) is 16.1. The van der Waals surface area contributed by atoms with Gasteiger partial charge in [-0.15, -0.1) is 12.8 Å². The van der Waals surface area contributed by atoms with E-state index in [1.165, 1.54) is 21.3 Å². The van der Waals surface area contributed by atoms with Crippen molar-refractivity contribution in [2.24, 2.45) is 11.8 Å². The van der Waals surface area contributed by atoms with Gasteiger partial charge in [0.1, 0.15) is 6.61 Å². The van der Waals surface area contributed by atoms with E-state index < -0.39 is 17.6 Å². The van der Waals surface area contributed by atoms with Crippen molar-refractivity contribution in [1.29, 1.82) is 0 Å². The molecule has 2 saturated heterocycles. The summed E-state index contributed by atoms with van der Waals surface area (Å²) in [5.41, 5.74) is 1.15. The number of ether oxygens (including phenoxy) is 6. The van der Waals surface area contributed by atoms with E-state index in [0.717, 1.165) is 0 Å². The van der Waals surface area contributed by atoms with E-state index in [2.05, 4.69) is 11.8 Å². The Kier molecular flexibility index (Phi) is 5.69. The third-order valence-corrected chi connectivity index (χ3v) is 5.10. The van der Waals surface area contributed by atoms with Crippen LogP contribution in [-0.4, -0.2) is 52.9 Å². The van der Waals surface area contributed by atoms with Crippen LogP contribution in [0.15, 0.2) is 6.07 Å². The molecular formula is C21H22O7. The Balaban J connectivity index is 2.03. The lowest BCUT2D eigenvalue weighted by atomic mass is 9.82. The Morgan fingerprint density at radius 1 is 1.14 bits per heavy atom. The molecular weight excluding hydrogens is 364 g/mol. The fourth-order valence-electron chi connectivity index (χ4n) is 3.76. The summed E-state index contributed by atoms with van der Waals surface area (Å²) in [5, 5.41) is 0. The summed E-state index contributed by atoms with van der Waals surface area (Å²) in [6, 6.07) is 1.73. The summed E-state index contributed by atoms with van der Waals surface area (Å²) in [6.07, 6.45) is 11.7. The van der Waals surface area contributed by atoms with Crippen molar-refractivity contribution in [2.75, 3.05) is 41.2 Å². The van der Waals surface area contributed by atoms with Crippen molar-refractivity contribution >= 4 is 5.97 Å². The van der Waals surface area contributed by atoms with Crippen molar-refractivity contribution in [1.82, 2.24) is 0 Å². The van der Waals surface area contributed by atoms with Gasteiger partial charge in [0.05, 0.1) is 51.9 Å². The molecule has 2 aliphatic heterocycles. The highest BCUT2D eigenvalue weighted by Crippen LogP contribution is 2.44. The second-order valence-electron chi connectivity index (χ2n) is 6.38. The van der Waals surface area contributed by atoms with Gasteiger partial charge in [-0.2, -0.15) is 0 Å². The molecule has 0 radical (unpaired) electrons. The Hall–Kier alpha value is -2.87. The number of esters is 1. The number of terminal acetylenes is 2. The Labute approximate surface area is 164 Å². The topological polar surface area (TPSA) is 72.5 Å². The smallest absolute Gasteiger partial charge is 0.309 e. The second kappa shape index (κ2) is 8.02. The molecule has 1 aromatic rings. The van der Waals surface area contributed by atoms with E-state index in [9.17, 15) is 4.79 Å². The molecule has 0 aromatic heterocycles. The number of hydrogen-bond donors (Lipinski definition) is 0.